The van der Waals surface area contributed by atoms with Crippen molar-refractivity contribution in [1.29, 1.82) is 0 Å². The average Bonchev–Trinajstić information content (AvgIpc) is 2.40. The summed E-state index contributed by atoms with van der Waals surface area (Å²) in [5.41, 5.74) is 7.57. The summed E-state index contributed by atoms with van der Waals surface area (Å²) in [6, 6.07) is 0. The molecule has 3 nitrogen and oxygen atoms in total. The first-order valence-electron chi connectivity index (χ1n) is 6.50. The topological polar surface area (TPSA) is 46.3 Å². The molecule has 0 spiro atoms. The number of hydrogen-bond donors (Lipinski definition) is 1. The molecule has 0 aromatic carbocycles. The summed E-state index contributed by atoms with van der Waals surface area (Å²) in [4.78, 5) is 14.4. The van der Waals surface area contributed by atoms with E-state index in [2.05, 4.69) is 6.08 Å². The van der Waals surface area contributed by atoms with Crippen molar-refractivity contribution in [1.82, 2.24) is 4.90 Å². The monoisotopic (exact) mass is 248 g/mol. The Morgan fingerprint density at radius 1 is 1.50 bits per heavy atom. The molecule has 0 saturated carbocycles. The lowest BCUT2D eigenvalue weighted by atomic mass is 9.94. The Balaban J connectivity index is 2.74. The fourth-order valence-corrected chi connectivity index (χ4v) is 2.11. The van der Waals surface area contributed by atoms with Crippen LogP contribution in [-0.2, 0) is 4.79 Å². The molecule has 0 aromatic rings. The van der Waals surface area contributed by atoms with Crippen molar-refractivity contribution in [2.45, 2.75) is 26.2 Å². The van der Waals surface area contributed by atoms with Gasteiger partial charge in [-0.05, 0) is 38.6 Å². The van der Waals surface area contributed by atoms with Crippen LogP contribution in [0.2, 0.25) is 0 Å². The van der Waals surface area contributed by atoms with E-state index in [1.807, 2.05) is 44.1 Å². The fourth-order valence-electron chi connectivity index (χ4n) is 2.11. The number of hydrogen-bond acceptors (Lipinski definition) is 3. The molecule has 0 amide bonds. The van der Waals surface area contributed by atoms with Crippen LogP contribution >= 0.6 is 0 Å². The summed E-state index contributed by atoms with van der Waals surface area (Å²) in [7, 11) is 3.98. The van der Waals surface area contributed by atoms with Gasteiger partial charge < -0.3 is 10.6 Å². The Kier molecular flexibility index (Phi) is 5.86. The summed E-state index contributed by atoms with van der Waals surface area (Å²) in [5.74, 6) is 0.299. The normalized spacial score (nSPS) is 26.0. The lowest BCUT2D eigenvalue weighted by Gasteiger charge is -2.17. The molecule has 3 heteroatoms. The zero-order valence-electron chi connectivity index (χ0n) is 11.6. The highest BCUT2D eigenvalue weighted by Gasteiger charge is 2.17. The van der Waals surface area contributed by atoms with Crippen molar-refractivity contribution >= 4 is 5.78 Å². The van der Waals surface area contributed by atoms with E-state index in [0.717, 1.165) is 30.7 Å². The highest BCUT2D eigenvalue weighted by Crippen LogP contribution is 2.17. The van der Waals surface area contributed by atoms with Crippen molar-refractivity contribution in [3.63, 3.8) is 0 Å². The van der Waals surface area contributed by atoms with Gasteiger partial charge in [-0.25, -0.2) is 0 Å². The molecule has 0 bridgehead atoms. The maximum absolute atomic E-state index is 12.3. The molecule has 1 aliphatic carbocycles. The third-order valence-corrected chi connectivity index (χ3v) is 3.01. The van der Waals surface area contributed by atoms with Crippen LogP contribution in [0.15, 0.2) is 35.6 Å². The second-order valence-electron chi connectivity index (χ2n) is 5.17. The first kappa shape index (κ1) is 14.7. The Morgan fingerprint density at radius 2 is 2.22 bits per heavy atom. The number of Topliss-reactive ketones (excluding diaryl/α,β-unsaturated/α-hetero) is 1. The number of nitrogens with zero attached hydrogens (tertiary/aromatic N) is 1. The van der Waals surface area contributed by atoms with E-state index in [1.165, 1.54) is 0 Å². The number of nitrogens with two attached hydrogens (primary N) is 1. The van der Waals surface area contributed by atoms with Crippen LogP contribution in [0.4, 0.5) is 0 Å². The molecular weight excluding hydrogens is 224 g/mol. The van der Waals surface area contributed by atoms with E-state index in [9.17, 15) is 4.79 Å². The average molecular weight is 248 g/mol. The zero-order valence-corrected chi connectivity index (χ0v) is 11.6. The van der Waals surface area contributed by atoms with E-state index >= 15 is 0 Å². The molecule has 1 aliphatic rings. The molecule has 100 valence electrons. The van der Waals surface area contributed by atoms with E-state index in [4.69, 9.17) is 5.73 Å². The largest absolute Gasteiger partial charge is 0.402 e. The third kappa shape index (κ3) is 4.88. The first-order valence-corrected chi connectivity index (χ1v) is 6.50. The predicted molar refractivity (Wildman–Crippen MR) is 76.1 cm³/mol. The molecule has 0 aromatic heterocycles. The zero-order chi connectivity index (χ0) is 13.5. The van der Waals surface area contributed by atoms with Crippen molar-refractivity contribution in [2.24, 2.45) is 11.7 Å². The van der Waals surface area contributed by atoms with Gasteiger partial charge in [0.15, 0.2) is 5.78 Å². The van der Waals surface area contributed by atoms with Crippen LogP contribution in [0.3, 0.4) is 0 Å². The van der Waals surface area contributed by atoms with Crippen LogP contribution in [0, 0.1) is 5.92 Å². The van der Waals surface area contributed by atoms with E-state index in [-0.39, 0.29) is 11.7 Å². The summed E-state index contributed by atoms with van der Waals surface area (Å²) in [6.07, 6.45) is 10.3. The maximum atomic E-state index is 12.3. The van der Waals surface area contributed by atoms with E-state index < -0.39 is 0 Å². The van der Waals surface area contributed by atoms with Gasteiger partial charge in [0.25, 0.3) is 0 Å². The Labute approximate surface area is 110 Å². The standard InChI is InChI=1S/C15H24N2O/c1-12(11-17(2)3)15(18)13-7-5-4-6-8-14(16)10-9-13/h4,6,8-9,12H,5,7,10-11,16H2,1-3H3/b6-4+,13-9+,14-8+/t12-/m0/s1. The van der Waals surface area contributed by atoms with Crippen LogP contribution < -0.4 is 5.73 Å². The number of ketones is 1. The van der Waals surface area contributed by atoms with Gasteiger partial charge in [-0.3, -0.25) is 4.79 Å². The molecule has 0 aliphatic heterocycles. The Bertz CT molecular complexity index is 378. The number of carbonyl (C=O) groups excluding carboxylic acids is 1. The van der Waals surface area contributed by atoms with Gasteiger partial charge in [0.05, 0.1) is 0 Å². The van der Waals surface area contributed by atoms with Gasteiger partial charge in [0, 0.05) is 24.6 Å². The van der Waals surface area contributed by atoms with Gasteiger partial charge >= 0.3 is 0 Å². The molecule has 0 unspecified atom stereocenters. The van der Waals surface area contributed by atoms with Gasteiger partial charge in [0.2, 0.25) is 0 Å². The predicted octanol–water partition coefficient (Wildman–Crippen LogP) is 2.26. The minimum absolute atomic E-state index is 0.0428. The minimum Gasteiger partial charge on any atom is -0.402 e. The summed E-state index contributed by atoms with van der Waals surface area (Å²) in [6.45, 7) is 2.78. The van der Waals surface area contributed by atoms with Crippen molar-refractivity contribution < 1.29 is 4.79 Å². The van der Waals surface area contributed by atoms with Gasteiger partial charge in [-0.1, -0.05) is 25.2 Å². The highest BCUT2D eigenvalue weighted by molar-refractivity contribution is 5.97. The van der Waals surface area contributed by atoms with Crippen molar-refractivity contribution in [3.8, 4) is 0 Å². The van der Waals surface area contributed by atoms with Crippen molar-refractivity contribution in [2.75, 3.05) is 20.6 Å². The van der Waals surface area contributed by atoms with Crippen LogP contribution in [0.5, 0.6) is 0 Å². The number of allylic oxidation sites excluding steroid dienone is 5. The summed E-state index contributed by atoms with van der Waals surface area (Å²) >= 11 is 0. The molecule has 0 heterocycles. The molecule has 1 rings (SSSR count). The maximum Gasteiger partial charge on any atom is 0.162 e. The van der Waals surface area contributed by atoms with E-state index in [0.29, 0.717) is 6.42 Å². The number of rotatable bonds is 4. The SMILES string of the molecule is C[C@@H](CN(C)C)C(=O)/C1=C/C/C(N)=C\C=C\CC1. The Morgan fingerprint density at radius 3 is 2.89 bits per heavy atom. The van der Waals surface area contributed by atoms with Crippen LogP contribution in [-0.4, -0.2) is 31.3 Å². The number of carbonyl (C=O) groups is 1. The molecule has 0 fully saturated rings. The molecular formula is C15H24N2O. The second-order valence-corrected chi connectivity index (χ2v) is 5.17. The Hall–Kier alpha value is -1.35. The van der Waals surface area contributed by atoms with Crippen molar-refractivity contribution in [3.05, 3.63) is 35.6 Å². The van der Waals surface area contributed by atoms with Gasteiger partial charge in [0.1, 0.15) is 0 Å². The minimum atomic E-state index is 0.0428. The molecule has 2 N–H and O–H groups in total. The molecule has 18 heavy (non-hydrogen) atoms. The van der Waals surface area contributed by atoms with Gasteiger partial charge in [-0.15, -0.1) is 0 Å². The smallest absolute Gasteiger partial charge is 0.162 e. The summed E-state index contributed by atoms with van der Waals surface area (Å²) < 4.78 is 0. The first-order chi connectivity index (χ1) is 8.50. The lowest BCUT2D eigenvalue weighted by molar-refractivity contribution is -0.119. The van der Waals surface area contributed by atoms with E-state index in [1.54, 1.807) is 0 Å². The fraction of sp³-hybridized carbons (Fsp3) is 0.533. The third-order valence-electron chi connectivity index (χ3n) is 3.01. The quantitative estimate of drug-likeness (QED) is 0.830. The van der Waals surface area contributed by atoms with Gasteiger partial charge in [-0.2, -0.15) is 0 Å². The second kappa shape index (κ2) is 7.17. The molecule has 0 radical (unpaired) electrons. The molecule has 0 saturated heterocycles. The highest BCUT2D eigenvalue weighted by atomic mass is 16.1. The van der Waals surface area contributed by atoms with Crippen LogP contribution in [0.1, 0.15) is 26.2 Å². The summed E-state index contributed by atoms with van der Waals surface area (Å²) in [5, 5.41) is 0. The molecule has 1 atom stereocenters. The van der Waals surface area contributed by atoms with Crippen LogP contribution in [0.25, 0.3) is 0 Å². The lowest BCUT2D eigenvalue weighted by Crippen LogP contribution is -2.26.